The summed E-state index contributed by atoms with van der Waals surface area (Å²) >= 11 is 5.86. The van der Waals surface area contributed by atoms with E-state index >= 15 is 0 Å². The van der Waals surface area contributed by atoms with Crippen LogP contribution < -0.4 is 4.74 Å². The monoisotopic (exact) mass is 315 g/mol. The van der Waals surface area contributed by atoms with E-state index in [0.717, 1.165) is 42.3 Å². The van der Waals surface area contributed by atoms with E-state index in [0.29, 0.717) is 6.61 Å². The molecule has 1 aliphatic rings. The fourth-order valence-electron chi connectivity index (χ4n) is 2.33. The summed E-state index contributed by atoms with van der Waals surface area (Å²) in [6.07, 6.45) is 1.93. The summed E-state index contributed by atoms with van der Waals surface area (Å²) < 4.78 is 5.72. The van der Waals surface area contributed by atoms with Crippen LogP contribution in [-0.4, -0.2) is 30.5 Å². The molecular weight excluding hydrogens is 298 g/mol. The minimum absolute atomic E-state index is 0.110. The van der Waals surface area contributed by atoms with Gasteiger partial charge in [-0.25, -0.2) is 0 Å². The summed E-state index contributed by atoms with van der Waals surface area (Å²) in [5.41, 5.74) is 1.92. The highest BCUT2D eigenvalue weighted by atomic mass is 35.5. The van der Waals surface area contributed by atoms with E-state index in [-0.39, 0.29) is 5.91 Å². The molecule has 0 bridgehead atoms. The standard InChI is InChI=1S/C18H18ClNO2/c19-16-6-2-14(3-7-16)10-13-22-17-8-4-15(5-9-17)18(21)20-11-1-12-20/h2-9H,1,10-13H2. The first-order chi connectivity index (χ1) is 10.7. The number of rotatable bonds is 5. The first-order valence-electron chi connectivity index (χ1n) is 7.49. The predicted molar refractivity (Wildman–Crippen MR) is 87.6 cm³/mol. The molecule has 0 N–H and O–H groups in total. The number of carbonyl (C=O) groups excluding carboxylic acids is 1. The van der Waals surface area contributed by atoms with Crippen LogP contribution in [0, 0.1) is 0 Å². The van der Waals surface area contributed by atoms with Gasteiger partial charge in [-0.2, -0.15) is 0 Å². The number of nitrogens with zero attached hydrogens (tertiary/aromatic N) is 1. The highest BCUT2D eigenvalue weighted by Gasteiger charge is 2.21. The molecule has 2 aromatic rings. The Morgan fingerprint density at radius 3 is 2.32 bits per heavy atom. The molecule has 0 saturated carbocycles. The van der Waals surface area contributed by atoms with Crippen molar-refractivity contribution < 1.29 is 9.53 Å². The highest BCUT2D eigenvalue weighted by Crippen LogP contribution is 2.17. The molecular formula is C18H18ClNO2. The molecule has 0 spiro atoms. The van der Waals surface area contributed by atoms with Gasteiger partial charge in [-0.1, -0.05) is 23.7 Å². The summed E-state index contributed by atoms with van der Waals surface area (Å²) in [5.74, 6) is 0.896. The first-order valence-corrected chi connectivity index (χ1v) is 7.87. The fraction of sp³-hybridized carbons (Fsp3) is 0.278. The van der Waals surface area contributed by atoms with Crippen molar-refractivity contribution in [1.82, 2.24) is 4.90 Å². The van der Waals surface area contributed by atoms with Gasteiger partial charge >= 0.3 is 0 Å². The largest absolute Gasteiger partial charge is 0.493 e. The summed E-state index contributed by atoms with van der Waals surface area (Å²) in [6, 6.07) is 15.1. The van der Waals surface area contributed by atoms with Crippen molar-refractivity contribution in [3.63, 3.8) is 0 Å². The van der Waals surface area contributed by atoms with Gasteiger partial charge in [0, 0.05) is 30.1 Å². The summed E-state index contributed by atoms with van der Waals surface area (Å²) in [4.78, 5) is 13.9. The van der Waals surface area contributed by atoms with E-state index in [2.05, 4.69) is 0 Å². The molecule has 0 unspecified atom stereocenters. The molecule has 1 amide bonds. The molecule has 1 heterocycles. The Bertz CT molecular complexity index is 633. The van der Waals surface area contributed by atoms with Crippen LogP contribution in [0.5, 0.6) is 5.75 Å². The SMILES string of the molecule is O=C(c1ccc(OCCc2ccc(Cl)cc2)cc1)N1CCC1. The van der Waals surface area contributed by atoms with Crippen molar-refractivity contribution in [2.45, 2.75) is 12.8 Å². The maximum absolute atomic E-state index is 12.0. The van der Waals surface area contributed by atoms with Crippen LogP contribution in [0.2, 0.25) is 5.02 Å². The van der Waals surface area contributed by atoms with Gasteiger partial charge in [0.05, 0.1) is 6.61 Å². The molecule has 1 fully saturated rings. The van der Waals surface area contributed by atoms with Crippen molar-refractivity contribution in [3.05, 3.63) is 64.7 Å². The minimum atomic E-state index is 0.110. The van der Waals surface area contributed by atoms with Gasteiger partial charge in [0.25, 0.3) is 5.91 Å². The van der Waals surface area contributed by atoms with E-state index < -0.39 is 0 Å². The number of hydrogen-bond acceptors (Lipinski definition) is 2. The van der Waals surface area contributed by atoms with Gasteiger partial charge in [0.2, 0.25) is 0 Å². The lowest BCUT2D eigenvalue weighted by Gasteiger charge is -2.30. The second kappa shape index (κ2) is 6.84. The third kappa shape index (κ3) is 3.60. The normalized spacial score (nSPS) is 13.6. The molecule has 0 atom stereocenters. The van der Waals surface area contributed by atoms with Crippen molar-refractivity contribution in [2.75, 3.05) is 19.7 Å². The fourth-order valence-corrected chi connectivity index (χ4v) is 2.46. The number of halogens is 1. The van der Waals surface area contributed by atoms with Crippen molar-refractivity contribution in [1.29, 1.82) is 0 Å². The third-order valence-corrected chi connectivity index (χ3v) is 4.07. The number of likely N-dealkylation sites (tertiary alicyclic amines) is 1. The summed E-state index contributed by atoms with van der Waals surface area (Å²) in [6.45, 7) is 2.34. The number of ether oxygens (including phenoxy) is 1. The Kier molecular flexibility index (Phi) is 4.64. The molecule has 114 valence electrons. The second-order valence-electron chi connectivity index (χ2n) is 5.40. The van der Waals surface area contributed by atoms with Crippen LogP contribution in [-0.2, 0) is 6.42 Å². The van der Waals surface area contributed by atoms with Gasteiger partial charge in [-0.05, 0) is 48.4 Å². The van der Waals surface area contributed by atoms with Crippen LogP contribution in [0.25, 0.3) is 0 Å². The van der Waals surface area contributed by atoms with Crippen molar-refractivity contribution in [2.24, 2.45) is 0 Å². The molecule has 0 aromatic heterocycles. The molecule has 1 saturated heterocycles. The molecule has 3 rings (SSSR count). The van der Waals surface area contributed by atoms with E-state index in [1.807, 2.05) is 53.4 Å². The van der Waals surface area contributed by atoms with E-state index in [1.165, 1.54) is 5.56 Å². The average molecular weight is 316 g/mol. The average Bonchev–Trinajstić information content (AvgIpc) is 2.48. The Morgan fingerprint density at radius 1 is 1.05 bits per heavy atom. The quantitative estimate of drug-likeness (QED) is 0.839. The van der Waals surface area contributed by atoms with Crippen LogP contribution >= 0.6 is 11.6 Å². The molecule has 2 aromatic carbocycles. The smallest absolute Gasteiger partial charge is 0.253 e. The van der Waals surface area contributed by atoms with E-state index in [1.54, 1.807) is 0 Å². The Morgan fingerprint density at radius 2 is 1.73 bits per heavy atom. The maximum atomic E-state index is 12.0. The number of amides is 1. The second-order valence-corrected chi connectivity index (χ2v) is 5.83. The lowest BCUT2D eigenvalue weighted by Crippen LogP contribution is -2.41. The van der Waals surface area contributed by atoms with E-state index in [4.69, 9.17) is 16.3 Å². The lowest BCUT2D eigenvalue weighted by molar-refractivity contribution is 0.0652. The van der Waals surface area contributed by atoms with Gasteiger partial charge in [-0.15, -0.1) is 0 Å². The predicted octanol–water partition coefficient (Wildman–Crippen LogP) is 3.81. The molecule has 4 heteroatoms. The van der Waals surface area contributed by atoms with E-state index in [9.17, 15) is 4.79 Å². The molecule has 3 nitrogen and oxygen atoms in total. The Labute approximate surface area is 135 Å². The topological polar surface area (TPSA) is 29.5 Å². The first kappa shape index (κ1) is 14.9. The number of hydrogen-bond donors (Lipinski definition) is 0. The van der Waals surface area contributed by atoms with Gasteiger partial charge in [0.1, 0.15) is 5.75 Å². The molecule has 0 radical (unpaired) electrons. The summed E-state index contributed by atoms with van der Waals surface area (Å²) in [7, 11) is 0. The van der Waals surface area contributed by atoms with Crippen LogP contribution in [0.15, 0.2) is 48.5 Å². The zero-order valence-electron chi connectivity index (χ0n) is 12.3. The number of benzene rings is 2. The zero-order chi connectivity index (χ0) is 15.4. The third-order valence-electron chi connectivity index (χ3n) is 3.82. The van der Waals surface area contributed by atoms with Crippen LogP contribution in [0.3, 0.4) is 0 Å². The van der Waals surface area contributed by atoms with Gasteiger partial charge in [0.15, 0.2) is 0 Å². The zero-order valence-corrected chi connectivity index (χ0v) is 13.1. The van der Waals surface area contributed by atoms with Gasteiger partial charge in [-0.3, -0.25) is 4.79 Å². The van der Waals surface area contributed by atoms with Gasteiger partial charge < -0.3 is 9.64 Å². The molecule has 0 aliphatic carbocycles. The Hall–Kier alpha value is -2.00. The maximum Gasteiger partial charge on any atom is 0.253 e. The van der Waals surface area contributed by atoms with Crippen LogP contribution in [0.4, 0.5) is 0 Å². The minimum Gasteiger partial charge on any atom is -0.493 e. The Balaban J connectivity index is 1.50. The summed E-state index contributed by atoms with van der Waals surface area (Å²) in [5, 5.41) is 0.743. The van der Waals surface area contributed by atoms with Crippen molar-refractivity contribution in [3.8, 4) is 5.75 Å². The lowest BCUT2D eigenvalue weighted by atomic mass is 10.1. The number of carbonyl (C=O) groups is 1. The molecule has 1 aliphatic heterocycles. The molecule has 22 heavy (non-hydrogen) atoms. The van der Waals surface area contributed by atoms with Crippen LogP contribution in [0.1, 0.15) is 22.3 Å². The van der Waals surface area contributed by atoms with Crippen molar-refractivity contribution >= 4 is 17.5 Å². The highest BCUT2D eigenvalue weighted by molar-refractivity contribution is 6.30.